The molecule has 2 amide bonds. The van der Waals surface area contributed by atoms with Crippen LogP contribution in [0.3, 0.4) is 0 Å². The maximum absolute atomic E-state index is 13.5. The highest BCUT2D eigenvalue weighted by atomic mass is 16.5. The monoisotopic (exact) mass is 440 g/mol. The van der Waals surface area contributed by atoms with Crippen LogP contribution in [0.15, 0.2) is 95.0 Å². The summed E-state index contributed by atoms with van der Waals surface area (Å²) >= 11 is 0. The van der Waals surface area contributed by atoms with Crippen molar-refractivity contribution in [1.82, 2.24) is 10.3 Å². The zero-order valence-corrected chi connectivity index (χ0v) is 17.7. The number of hydrogen-bond donors (Lipinski definition) is 1. The molecular formula is C25H20N4O4. The third-order valence-electron chi connectivity index (χ3n) is 5.40. The molecule has 2 unspecified atom stereocenters. The number of hydrogen-bond acceptors (Lipinski definition) is 6. The fraction of sp³-hybridized carbons (Fsp3) is 0.120. The van der Waals surface area contributed by atoms with Crippen LogP contribution in [0.25, 0.3) is 0 Å². The summed E-state index contributed by atoms with van der Waals surface area (Å²) in [5, 5.41) is 8.28. The van der Waals surface area contributed by atoms with E-state index in [-0.39, 0.29) is 17.8 Å². The minimum Gasteiger partial charge on any atom is -0.496 e. The number of fused-ring (bicyclic) bond motifs is 1. The minimum atomic E-state index is -0.965. The summed E-state index contributed by atoms with van der Waals surface area (Å²) in [5.74, 6) is -0.0651. The van der Waals surface area contributed by atoms with Gasteiger partial charge < -0.3 is 14.8 Å². The van der Waals surface area contributed by atoms with Gasteiger partial charge in [-0.05, 0) is 29.8 Å². The van der Waals surface area contributed by atoms with E-state index < -0.39 is 18.0 Å². The lowest BCUT2D eigenvalue weighted by atomic mass is 9.97. The third-order valence-corrected chi connectivity index (χ3v) is 5.40. The number of rotatable bonds is 5. The molecule has 5 rings (SSSR count). The average molecular weight is 440 g/mol. The van der Waals surface area contributed by atoms with Crippen LogP contribution >= 0.6 is 0 Å². The van der Waals surface area contributed by atoms with Gasteiger partial charge in [0.15, 0.2) is 0 Å². The van der Waals surface area contributed by atoms with E-state index in [1.165, 1.54) is 0 Å². The molecule has 8 heteroatoms. The van der Waals surface area contributed by atoms with Crippen molar-refractivity contribution < 1.29 is 19.1 Å². The molecule has 2 aliphatic heterocycles. The highest BCUT2D eigenvalue weighted by molar-refractivity contribution is 6.13. The largest absolute Gasteiger partial charge is 0.496 e. The zero-order valence-electron chi connectivity index (χ0n) is 17.7. The van der Waals surface area contributed by atoms with Gasteiger partial charge in [-0.1, -0.05) is 60.7 Å². The second kappa shape index (κ2) is 8.58. The van der Waals surface area contributed by atoms with Gasteiger partial charge in [-0.2, -0.15) is 0 Å². The van der Waals surface area contributed by atoms with Gasteiger partial charge in [0.2, 0.25) is 0 Å². The Balaban J connectivity index is 1.52. The maximum Gasteiger partial charge on any atom is 0.323 e. The average Bonchev–Trinajstić information content (AvgIpc) is 3.31. The summed E-state index contributed by atoms with van der Waals surface area (Å²) in [4.78, 5) is 31.0. The van der Waals surface area contributed by atoms with Crippen molar-refractivity contribution in [1.29, 1.82) is 0 Å². The smallest absolute Gasteiger partial charge is 0.323 e. The van der Waals surface area contributed by atoms with Crippen LogP contribution < -0.4 is 10.1 Å². The number of nitrogens with one attached hydrogen (secondary N) is 1. The maximum atomic E-state index is 13.5. The van der Waals surface area contributed by atoms with Gasteiger partial charge in [-0.3, -0.25) is 9.59 Å². The normalized spacial score (nSPS) is 19.2. The number of carbonyl (C=O) groups excluding carboxylic acids is 2. The van der Waals surface area contributed by atoms with Gasteiger partial charge in [-0.25, -0.2) is 4.99 Å². The molecule has 0 aromatic heterocycles. The number of nitrogens with zero attached hydrogens (tertiary/aromatic N) is 3. The Kier molecular flexibility index (Phi) is 5.32. The quantitative estimate of drug-likeness (QED) is 0.660. The van der Waals surface area contributed by atoms with Gasteiger partial charge in [0.1, 0.15) is 17.8 Å². The molecule has 2 heterocycles. The first kappa shape index (κ1) is 20.4. The van der Waals surface area contributed by atoms with Crippen LogP contribution in [0.1, 0.15) is 27.5 Å². The van der Waals surface area contributed by atoms with Crippen molar-refractivity contribution >= 4 is 23.7 Å². The molecular weight excluding hydrogens is 420 g/mol. The molecule has 2 atom stereocenters. The predicted molar refractivity (Wildman–Crippen MR) is 122 cm³/mol. The van der Waals surface area contributed by atoms with Crippen LogP contribution in [0.4, 0.5) is 0 Å². The van der Waals surface area contributed by atoms with E-state index in [2.05, 4.69) is 15.4 Å². The molecule has 3 aromatic rings. The third kappa shape index (κ3) is 3.82. The summed E-state index contributed by atoms with van der Waals surface area (Å²) in [5.41, 5.74) is 1.81. The van der Waals surface area contributed by atoms with Crippen molar-refractivity contribution in [3.05, 3.63) is 102 Å². The van der Waals surface area contributed by atoms with Crippen molar-refractivity contribution in [2.24, 2.45) is 10.1 Å². The predicted octanol–water partition coefficient (Wildman–Crippen LogP) is 3.13. The first-order valence-electron chi connectivity index (χ1n) is 10.4. The lowest BCUT2D eigenvalue weighted by molar-refractivity contribution is -0.131. The second-order valence-corrected chi connectivity index (χ2v) is 7.44. The number of aliphatic imine (C=N–C) groups is 1. The molecule has 0 spiro atoms. The number of methoxy groups -OCH3 is 1. The Morgan fingerprint density at radius 1 is 0.970 bits per heavy atom. The molecule has 8 nitrogen and oxygen atoms in total. The first-order valence-corrected chi connectivity index (χ1v) is 10.4. The molecule has 0 bridgehead atoms. The second-order valence-electron chi connectivity index (χ2n) is 7.44. The zero-order chi connectivity index (χ0) is 22.8. The topological polar surface area (TPSA) is 92.6 Å². The lowest BCUT2D eigenvalue weighted by Crippen LogP contribution is -2.53. The van der Waals surface area contributed by atoms with Gasteiger partial charge in [-0.15, -0.1) is 10.1 Å². The Hall–Kier alpha value is -4.46. The van der Waals surface area contributed by atoms with E-state index in [9.17, 15) is 9.59 Å². The summed E-state index contributed by atoms with van der Waals surface area (Å²) < 4.78 is 11.3. The number of amides is 2. The van der Waals surface area contributed by atoms with Crippen molar-refractivity contribution in [3.63, 3.8) is 0 Å². The van der Waals surface area contributed by atoms with Gasteiger partial charge in [0, 0.05) is 5.56 Å². The Morgan fingerprint density at radius 2 is 1.64 bits per heavy atom. The van der Waals surface area contributed by atoms with E-state index in [0.29, 0.717) is 16.9 Å². The summed E-state index contributed by atoms with van der Waals surface area (Å²) in [6.07, 6.45) is 0. The van der Waals surface area contributed by atoms with E-state index in [1.54, 1.807) is 43.5 Å². The van der Waals surface area contributed by atoms with Crippen molar-refractivity contribution in [2.75, 3.05) is 7.11 Å². The number of ether oxygens (including phenoxy) is 2. The van der Waals surface area contributed by atoms with E-state index in [4.69, 9.17) is 9.47 Å². The molecule has 0 radical (unpaired) electrons. The lowest BCUT2D eigenvalue weighted by Gasteiger charge is -2.30. The molecule has 0 saturated carbocycles. The number of benzene rings is 3. The van der Waals surface area contributed by atoms with E-state index in [1.807, 2.05) is 48.5 Å². The molecule has 0 saturated heterocycles. The van der Waals surface area contributed by atoms with Crippen LogP contribution in [-0.2, 0) is 9.53 Å². The van der Waals surface area contributed by atoms with Crippen molar-refractivity contribution in [3.8, 4) is 5.75 Å². The Bertz CT molecular complexity index is 1260. The van der Waals surface area contributed by atoms with Crippen LogP contribution in [0.2, 0.25) is 0 Å². The van der Waals surface area contributed by atoms with Gasteiger partial charge in [0.25, 0.3) is 17.7 Å². The minimum absolute atomic E-state index is 0.0555. The highest BCUT2D eigenvalue weighted by Crippen LogP contribution is 2.32. The number of carbonyl (C=O) groups is 2. The molecule has 0 aliphatic carbocycles. The SMILES string of the molecule is COc1ccccc1C1=NN2C(=O)C(NC(=O)c3ccccc3)C(c3ccccc3)N=C2O1. The molecule has 33 heavy (non-hydrogen) atoms. The molecule has 1 N–H and O–H groups in total. The van der Waals surface area contributed by atoms with Gasteiger partial charge >= 0.3 is 6.02 Å². The molecule has 3 aromatic carbocycles. The Morgan fingerprint density at radius 3 is 2.36 bits per heavy atom. The fourth-order valence-electron chi connectivity index (χ4n) is 3.77. The van der Waals surface area contributed by atoms with Gasteiger partial charge in [0.05, 0.1) is 12.7 Å². The number of para-hydroxylation sites is 1. The van der Waals surface area contributed by atoms with Crippen LogP contribution in [-0.4, -0.2) is 41.9 Å². The summed E-state index contributed by atoms with van der Waals surface area (Å²) in [6, 6.07) is 23.6. The fourth-order valence-corrected chi connectivity index (χ4v) is 3.77. The van der Waals surface area contributed by atoms with Crippen LogP contribution in [0.5, 0.6) is 5.75 Å². The molecule has 164 valence electrons. The molecule has 2 aliphatic rings. The van der Waals surface area contributed by atoms with E-state index >= 15 is 0 Å². The van der Waals surface area contributed by atoms with E-state index in [0.717, 1.165) is 10.6 Å². The summed E-state index contributed by atoms with van der Waals surface area (Å²) in [6.45, 7) is 0. The van der Waals surface area contributed by atoms with Crippen molar-refractivity contribution in [2.45, 2.75) is 12.1 Å². The first-order chi connectivity index (χ1) is 16.2. The number of amidine groups is 1. The molecule has 0 fully saturated rings. The van der Waals surface area contributed by atoms with Crippen LogP contribution in [0, 0.1) is 0 Å². The highest BCUT2D eigenvalue weighted by Gasteiger charge is 2.45. The standard InChI is InChI=1S/C25H20N4O4/c1-32-19-15-9-8-14-18(19)23-28-29-24(31)21(26-22(30)17-12-6-3-7-13-17)20(27-25(29)33-23)16-10-4-2-5-11-16/h2-15,20-21H,1H3,(H,26,30). The summed E-state index contributed by atoms with van der Waals surface area (Å²) in [7, 11) is 1.55. The Labute approximate surface area is 190 Å². The number of hydrazone groups is 1.